The van der Waals surface area contributed by atoms with Crippen molar-refractivity contribution in [3.63, 3.8) is 0 Å². The van der Waals surface area contributed by atoms with E-state index in [-0.39, 0.29) is 18.0 Å². The van der Waals surface area contributed by atoms with Gasteiger partial charge in [-0.2, -0.15) is 0 Å². The molecule has 0 aliphatic carbocycles. The van der Waals surface area contributed by atoms with Crippen LogP contribution in [0.2, 0.25) is 0 Å². The van der Waals surface area contributed by atoms with E-state index in [9.17, 15) is 13.0 Å². The van der Waals surface area contributed by atoms with Gasteiger partial charge in [-0.1, -0.05) is 78.4 Å². The number of hydrogen-bond acceptors (Lipinski definition) is 3. The summed E-state index contributed by atoms with van der Waals surface area (Å²) in [6, 6.07) is 25.2. The Hall–Kier alpha value is -2.28. The van der Waals surface area contributed by atoms with E-state index < -0.39 is 17.6 Å². The Labute approximate surface area is 172 Å². The molecule has 0 aromatic heterocycles. The average molecular weight is 429 g/mol. The molecule has 0 heterocycles. The monoisotopic (exact) mass is 429 g/mol. The first kappa shape index (κ1) is 21.4. The maximum absolute atomic E-state index is 13.5. The lowest BCUT2D eigenvalue weighted by Gasteiger charge is -2.22. The minimum absolute atomic E-state index is 0.0614. The Kier molecular flexibility index (Phi) is 7.00. The summed E-state index contributed by atoms with van der Waals surface area (Å²) in [6.07, 6.45) is 0. The number of aryl methyl sites for hydroxylation is 1. The average Bonchev–Trinajstić information content (AvgIpc) is 2.73. The second-order valence-corrected chi connectivity index (χ2v) is 10.7. The van der Waals surface area contributed by atoms with Crippen molar-refractivity contribution in [2.24, 2.45) is 0 Å². The van der Waals surface area contributed by atoms with Crippen molar-refractivity contribution in [2.75, 3.05) is 0 Å². The van der Waals surface area contributed by atoms with Crippen LogP contribution in [-0.2, 0) is 27.7 Å². The number of nitrogens with one attached hydrogen (secondary N) is 3. The summed E-state index contributed by atoms with van der Waals surface area (Å²) in [5.41, 5.74) is 2.73. The number of rotatable bonds is 9. The zero-order valence-corrected chi connectivity index (χ0v) is 17.8. The molecular formula is C21H24N3O3PS. The van der Waals surface area contributed by atoms with E-state index in [2.05, 4.69) is 14.7 Å². The number of hydrogen-bond donors (Lipinski definition) is 3. The van der Waals surface area contributed by atoms with Gasteiger partial charge < -0.3 is 0 Å². The van der Waals surface area contributed by atoms with E-state index >= 15 is 0 Å². The van der Waals surface area contributed by atoms with Crippen LogP contribution in [0.15, 0.2) is 89.8 Å². The minimum atomic E-state index is -3.98. The Morgan fingerprint density at radius 3 is 1.62 bits per heavy atom. The molecule has 0 saturated carbocycles. The van der Waals surface area contributed by atoms with Crippen LogP contribution in [0.4, 0.5) is 0 Å². The molecular weight excluding hydrogens is 405 g/mol. The topological polar surface area (TPSA) is 87.3 Å². The quantitative estimate of drug-likeness (QED) is 0.448. The number of sulfonamides is 1. The highest BCUT2D eigenvalue weighted by Gasteiger charge is 2.29. The van der Waals surface area contributed by atoms with Gasteiger partial charge in [-0.05, 0) is 30.2 Å². The fraction of sp³-hybridized carbons (Fsp3) is 0.143. The largest absolute Gasteiger partial charge is 0.293 e. The summed E-state index contributed by atoms with van der Waals surface area (Å²) in [5, 5.41) is 5.75. The van der Waals surface area contributed by atoms with Gasteiger partial charge in [0.05, 0.1) is 4.90 Å². The van der Waals surface area contributed by atoms with Gasteiger partial charge in [-0.3, -0.25) is 4.57 Å². The second-order valence-electron chi connectivity index (χ2n) is 6.66. The first-order chi connectivity index (χ1) is 13.9. The van der Waals surface area contributed by atoms with E-state index in [1.165, 1.54) is 12.1 Å². The van der Waals surface area contributed by atoms with Crippen LogP contribution in [0.3, 0.4) is 0 Å². The van der Waals surface area contributed by atoms with Gasteiger partial charge in [-0.25, -0.2) is 18.6 Å². The SMILES string of the molecule is Cc1ccc(S(=O)(=O)NP(=O)(NCc2ccccc2)NCc2ccccc2)cc1. The lowest BCUT2D eigenvalue weighted by Crippen LogP contribution is -2.35. The van der Waals surface area contributed by atoms with Crippen molar-refractivity contribution in [2.45, 2.75) is 24.9 Å². The maximum atomic E-state index is 13.5. The first-order valence-corrected chi connectivity index (χ1v) is 12.3. The highest BCUT2D eigenvalue weighted by Crippen LogP contribution is 2.34. The Morgan fingerprint density at radius 1 is 0.724 bits per heavy atom. The molecule has 0 aliphatic rings. The van der Waals surface area contributed by atoms with Crippen LogP contribution in [-0.4, -0.2) is 8.42 Å². The predicted molar refractivity (Wildman–Crippen MR) is 116 cm³/mol. The summed E-state index contributed by atoms with van der Waals surface area (Å²) < 4.78 is 41.5. The zero-order chi connectivity index (χ0) is 20.7. The molecule has 3 aromatic carbocycles. The van der Waals surface area contributed by atoms with Gasteiger partial charge in [0, 0.05) is 13.1 Å². The van der Waals surface area contributed by atoms with Crippen LogP contribution >= 0.6 is 7.59 Å². The van der Waals surface area contributed by atoms with Crippen LogP contribution in [0, 0.1) is 6.92 Å². The highest BCUT2D eigenvalue weighted by molar-refractivity contribution is 7.95. The lowest BCUT2D eigenvalue weighted by atomic mass is 10.2. The van der Waals surface area contributed by atoms with Crippen molar-refractivity contribution in [1.29, 1.82) is 0 Å². The molecule has 0 unspecified atom stereocenters. The summed E-state index contributed by atoms with van der Waals surface area (Å²) in [6.45, 7) is 2.37. The van der Waals surface area contributed by atoms with E-state index in [1.807, 2.05) is 67.6 Å². The summed E-state index contributed by atoms with van der Waals surface area (Å²) in [4.78, 5) is 0.0614. The molecule has 8 heteroatoms. The van der Waals surface area contributed by atoms with Gasteiger partial charge in [0.1, 0.15) is 0 Å². The fourth-order valence-electron chi connectivity index (χ4n) is 2.66. The molecule has 6 nitrogen and oxygen atoms in total. The maximum Gasteiger partial charge on any atom is 0.293 e. The lowest BCUT2D eigenvalue weighted by molar-refractivity contribution is 0.543. The zero-order valence-electron chi connectivity index (χ0n) is 16.1. The third-order valence-electron chi connectivity index (χ3n) is 4.28. The molecule has 0 saturated heterocycles. The standard InChI is InChI=1S/C21H24N3O3PS/c1-18-12-14-21(15-13-18)29(26,27)24-28(25,22-16-19-8-4-2-5-9-19)23-17-20-10-6-3-7-11-20/h2-15H,16-17H2,1H3,(H3,22,23,24,25). The molecule has 29 heavy (non-hydrogen) atoms. The molecule has 0 bridgehead atoms. The minimum Gasteiger partial charge on any atom is -0.270 e. The van der Waals surface area contributed by atoms with Gasteiger partial charge in [0.2, 0.25) is 10.0 Å². The van der Waals surface area contributed by atoms with Crippen molar-refractivity contribution in [1.82, 2.24) is 14.7 Å². The molecule has 0 fully saturated rings. The molecule has 0 spiro atoms. The second kappa shape index (κ2) is 9.48. The van der Waals surface area contributed by atoms with E-state index in [4.69, 9.17) is 0 Å². The molecule has 3 aromatic rings. The molecule has 152 valence electrons. The van der Waals surface area contributed by atoms with Crippen molar-refractivity contribution >= 4 is 17.6 Å². The first-order valence-electron chi connectivity index (χ1n) is 9.15. The van der Waals surface area contributed by atoms with Crippen molar-refractivity contribution in [3.8, 4) is 0 Å². The number of benzene rings is 3. The molecule has 0 atom stereocenters. The Bertz CT molecular complexity index is 1030. The molecule has 3 rings (SSSR count). The van der Waals surface area contributed by atoms with Gasteiger partial charge >= 0.3 is 0 Å². The van der Waals surface area contributed by atoms with Gasteiger partial charge in [0.25, 0.3) is 7.59 Å². The molecule has 0 aliphatic heterocycles. The summed E-state index contributed by atoms with van der Waals surface area (Å²) in [7, 11) is -7.67. The molecule has 3 N–H and O–H groups in total. The Morgan fingerprint density at radius 2 is 1.17 bits per heavy atom. The summed E-state index contributed by atoms with van der Waals surface area (Å²) >= 11 is 0. The molecule has 0 radical (unpaired) electrons. The normalized spacial score (nSPS) is 12.0. The molecule has 0 amide bonds. The van der Waals surface area contributed by atoms with E-state index in [0.29, 0.717) is 0 Å². The van der Waals surface area contributed by atoms with Crippen molar-refractivity contribution in [3.05, 3.63) is 102 Å². The predicted octanol–water partition coefficient (Wildman–Crippen LogP) is 3.96. The van der Waals surface area contributed by atoms with E-state index in [1.54, 1.807) is 12.1 Å². The van der Waals surface area contributed by atoms with Crippen LogP contribution in [0.1, 0.15) is 16.7 Å². The third-order valence-corrected chi connectivity index (χ3v) is 8.37. The van der Waals surface area contributed by atoms with Crippen LogP contribution in [0.25, 0.3) is 0 Å². The fourth-order valence-corrected chi connectivity index (χ4v) is 6.37. The summed E-state index contributed by atoms with van der Waals surface area (Å²) in [5.74, 6) is 0. The van der Waals surface area contributed by atoms with Crippen LogP contribution in [0.5, 0.6) is 0 Å². The van der Waals surface area contributed by atoms with Crippen molar-refractivity contribution < 1.29 is 13.0 Å². The van der Waals surface area contributed by atoms with Gasteiger partial charge in [-0.15, -0.1) is 4.49 Å². The van der Waals surface area contributed by atoms with E-state index in [0.717, 1.165) is 16.7 Å². The Balaban J connectivity index is 1.80. The van der Waals surface area contributed by atoms with Crippen LogP contribution < -0.4 is 14.7 Å². The highest BCUT2D eigenvalue weighted by atomic mass is 32.2. The smallest absolute Gasteiger partial charge is 0.270 e. The third kappa shape index (κ3) is 6.35. The van der Waals surface area contributed by atoms with Gasteiger partial charge in [0.15, 0.2) is 0 Å².